The van der Waals surface area contributed by atoms with Crippen molar-refractivity contribution in [1.29, 1.82) is 0 Å². The van der Waals surface area contributed by atoms with E-state index in [1.165, 1.54) is 6.42 Å². The molecule has 0 heterocycles. The molecule has 2 nitrogen and oxygen atoms in total. The Bertz CT molecular complexity index is 467. The topological polar surface area (TPSA) is 38.0 Å². The predicted molar refractivity (Wildman–Crippen MR) is 72.7 cm³/mol. The molecular formula is C15H20F4N2. The maximum atomic E-state index is 13.9. The summed E-state index contributed by atoms with van der Waals surface area (Å²) in [5.74, 6) is 5.18. The Hall–Kier alpha value is -1.14. The lowest BCUT2D eigenvalue weighted by molar-refractivity contribution is -0.137. The van der Waals surface area contributed by atoms with Crippen molar-refractivity contribution in [2.45, 2.75) is 50.7 Å². The van der Waals surface area contributed by atoms with E-state index in [0.717, 1.165) is 43.9 Å². The minimum atomic E-state index is -4.48. The van der Waals surface area contributed by atoms with Crippen molar-refractivity contribution in [3.05, 3.63) is 35.1 Å². The first kappa shape index (κ1) is 16.2. The first-order valence-corrected chi connectivity index (χ1v) is 7.24. The van der Waals surface area contributed by atoms with E-state index in [1.54, 1.807) is 0 Å². The molecule has 1 aromatic rings. The van der Waals surface area contributed by atoms with Gasteiger partial charge in [-0.15, -0.1) is 0 Å². The molecule has 1 unspecified atom stereocenters. The maximum absolute atomic E-state index is 13.9. The summed E-state index contributed by atoms with van der Waals surface area (Å²) >= 11 is 0. The number of hydrogen-bond donors (Lipinski definition) is 2. The molecule has 0 radical (unpaired) electrons. The Morgan fingerprint density at radius 1 is 1.19 bits per heavy atom. The molecule has 21 heavy (non-hydrogen) atoms. The van der Waals surface area contributed by atoms with E-state index in [4.69, 9.17) is 5.84 Å². The van der Waals surface area contributed by atoms with Gasteiger partial charge in [-0.2, -0.15) is 13.2 Å². The van der Waals surface area contributed by atoms with Crippen LogP contribution >= 0.6 is 0 Å². The van der Waals surface area contributed by atoms with Crippen LogP contribution in [0.1, 0.15) is 55.7 Å². The van der Waals surface area contributed by atoms with E-state index in [9.17, 15) is 17.6 Å². The number of benzene rings is 1. The smallest absolute Gasteiger partial charge is 0.271 e. The zero-order valence-electron chi connectivity index (χ0n) is 11.7. The third-order valence-corrected chi connectivity index (χ3v) is 4.19. The lowest BCUT2D eigenvalue weighted by Gasteiger charge is -2.27. The fourth-order valence-corrected chi connectivity index (χ4v) is 3.03. The van der Waals surface area contributed by atoms with Gasteiger partial charge in [0.1, 0.15) is 5.82 Å². The van der Waals surface area contributed by atoms with Gasteiger partial charge in [0.25, 0.3) is 0 Å². The summed E-state index contributed by atoms with van der Waals surface area (Å²) in [7, 11) is 0. The van der Waals surface area contributed by atoms with Crippen LogP contribution in [0.2, 0.25) is 0 Å². The van der Waals surface area contributed by atoms with E-state index < -0.39 is 23.6 Å². The van der Waals surface area contributed by atoms with Crippen molar-refractivity contribution in [3.63, 3.8) is 0 Å². The summed E-state index contributed by atoms with van der Waals surface area (Å²) in [6, 6.07) is 1.90. The Morgan fingerprint density at radius 3 is 2.43 bits per heavy atom. The van der Waals surface area contributed by atoms with Gasteiger partial charge in [0.2, 0.25) is 0 Å². The summed E-state index contributed by atoms with van der Waals surface area (Å²) in [6.07, 6.45) is 1.56. The molecule has 0 saturated heterocycles. The van der Waals surface area contributed by atoms with Crippen LogP contribution in [0, 0.1) is 11.7 Å². The van der Waals surface area contributed by atoms with Gasteiger partial charge in [-0.25, -0.2) is 4.39 Å². The molecule has 1 aromatic carbocycles. The van der Waals surface area contributed by atoms with Gasteiger partial charge in [0.05, 0.1) is 5.56 Å². The molecule has 6 heteroatoms. The second-order valence-electron chi connectivity index (χ2n) is 5.69. The normalized spacial score (nSPS) is 18.7. The minimum Gasteiger partial charge on any atom is -0.271 e. The molecule has 1 saturated carbocycles. The molecule has 1 atom stereocenters. The Morgan fingerprint density at radius 2 is 1.86 bits per heavy atom. The second-order valence-corrected chi connectivity index (χ2v) is 5.69. The Balaban J connectivity index is 2.20. The molecule has 0 amide bonds. The van der Waals surface area contributed by atoms with Gasteiger partial charge in [-0.1, -0.05) is 32.1 Å². The molecule has 0 aromatic heterocycles. The fourth-order valence-electron chi connectivity index (χ4n) is 3.03. The molecule has 1 aliphatic rings. The van der Waals surface area contributed by atoms with Gasteiger partial charge in [0, 0.05) is 11.6 Å². The third-order valence-electron chi connectivity index (χ3n) is 4.19. The summed E-state index contributed by atoms with van der Waals surface area (Å²) in [4.78, 5) is 0. The molecule has 1 aliphatic carbocycles. The lowest BCUT2D eigenvalue weighted by Crippen LogP contribution is -2.31. The summed E-state index contributed by atoms with van der Waals surface area (Å²) in [6.45, 7) is 0. The first-order chi connectivity index (χ1) is 9.91. The van der Waals surface area contributed by atoms with Crippen LogP contribution in [-0.4, -0.2) is 0 Å². The summed E-state index contributed by atoms with van der Waals surface area (Å²) in [5, 5.41) is 0. The van der Waals surface area contributed by atoms with E-state index in [2.05, 4.69) is 5.43 Å². The fraction of sp³-hybridized carbons (Fsp3) is 0.600. The SMILES string of the molecule is NNC(CC1CCCCC1)c1cc(C(F)(F)F)ccc1F. The van der Waals surface area contributed by atoms with Crippen LogP contribution in [0.3, 0.4) is 0 Å². The summed E-state index contributed by atoms with van der Waals surface area (Å²) in [5.41, 5.74) is 1.63. The molecule has 2 rings (SSSR count). The van der Waals surface area contributed by atoms with Crippen molar-refractivity contribution in [2.75, 3.05) is 0 Å². The molecule has 1 fully saturated rings. The Labute approximate surface area is 121 Å². The van der Waals surface area contributed by atoms with Gasteiger partial charge >= 0.3 is 6.18 Å². The second kappa shape index (κ2) is 6.75. The highest BCUT2D eigenvalue weighted by Crippen LogP contribution is 2.35. The maximum Gasteiger partial charge on any atom is 0.416 e. The highest BCUT2D eigenvalue weighted by atomic mass is 19.4. The van der Waals surface area contributed by atoms with Crippen LogP contribution in [-0.2, 0) is 6.18 Å². The minimum absolute atomic E-state index is 0.00195. The number of rotatable bonds is 4. The zero-order valence-corrected chi connectivity index (χ0v) is 11.7. The molecule has 118 valence electrons. The van der Waals surface area contributed by atoms with Gasteiger partial charge in [-0.3, -0.25) is 11.3 Å². The van der Waals surface area contributed by atoms with E-state index in [1.807, 2.05) is 0 Å². The first-order valence-electron chi connectivity index (χ1n) is 7.24. The molecule has 0 spiro atoms. The Kier molecular flexibility index (Phi) is 5.22. The third kappa shape index (κ3) is 4.17. The zero-order chi connectivity index (χ0) is 15.5. The monoisotopic (exact) mass is 304 g/mol. The molecule has 0 bridgehead atoms. The number of nitrogens with two attached hydrogens (primary N) is 1. The van der Waals surface area contributed by atoms with Crippen molar-refractivity contribution < 1.29 is 17.6 Å². The lowest BCUT2D eigenvalue weighted by atomic mass is 9.83. The quantitative estimate of drug-likeness (QED) is 0.494. The molecule has 3 N–H and O–H groups in total. The number of halogens is 4. The highest BCUT2D eigenvalue weighted by molar-refractivity contribution is 5.29. The van der Waals surface area contributed by atoms with Crippen LogP contribution in [0.25, 0.3) is 0 Å². The average molecular weight is 304 g/mol. The van der Waals surface area contributed by atoms with Gasteiger partial charge in [-0.05, 0) is 30.5 Å². The van der Waals surface area contributed by atoms with Gasteiger partial charge < -0.3 is 0 Å². The summed E-state index contributed by atoms with van der Waals surface area (Å²) < 4.78 is 52.1. The number of hydrazine groups is 1. The highest BCUT2D eigenvalue weighted by Gasteiger charge is 2.32. The molecule has 0 aliphatic heterocycles. The largest absolute Gasteiger partial charge is 0.416 e. The average Bonchev–Trinajstić information content (AvgIpc) is 2.45. The van der Waals surface area contributed by atoms with E-state index in [-0.39, 0.29) is 5.56 Å². The molecular weight excluding hydrogens is 284 g/mol. The van der Waals surface area contributed by atoms with E-state index >= 15 is 0 Å². The standard InChI is InChI=1S/C15H20F4N2/c16-13-7-6-11(15(17,18)19)9-12(13)14(21-20)8-10-4-2-1-3-5-10/h6-7,9-10,14,21H,1-5,8,20H2. The van der Waals surface area contributed by atoms with Crippen molar-refractivity contribution >= 4 is 0 Å². The van der Waals surface area contributed by atoms with Crippen molar-refractivity contribution in [2.24, 2.45) is 11.8 Å². The van der Waals surface area contributed by atoms with Crippen molar-refractivity contribution in [1.82, 2.24) is 5.43 Å². The number of hydrogen-bond acceptors (Lipinski definition) is 2. The van der Waals surface area contributed by atoms with Crippen LogP contribution in [0.15, 0.2) is 18.2 Å². The van der Waals surface area contributed by atoms with Crippen LogP contribution in [0.4, 0.5) is 17.6 Å². The number of nitrogens with one attached hydrogen (secondary N) is 1. The van der Waals surface area contributed by atoms with Crippen LogP contribution < -0.4 is 11.3 Å². The number of alkyl halides is 3. The predicted octanol–water partition coefficient (Wildman–Crippen LogP) is 4.32. The van der Waals surface area contributed by atoms with Crippen molar-refractivity contribution in [3.8, 4) is 0 Å². The van der Waals surface area contributed by atoms with Crippen LogP contribution in [0.5, 0.6) is 0 Å². The van der Waals surface area contributed by atoms with Gasteiger partial charge in [0.15, 0.2) is 0 Å². The van der Waals surface area contributed by atoms with E-state index in [0.29, 0.717) is 12.3 Å².